The molecule has 1 atom stereocenters. The van der Waals surface area contributed by atoms with Gasteiger partial charge in [-0.25, -0.2) is 8.42 Å². The zero-order valence-corrected chi connectivity index (χ0v) is 25.3. The Morgan fingerprint density at radius 1 is 1.05 bits per heavy atom. The first kappa shape index (κ1) is 30.2. The molecule has 0 aromatic heterocycles. The number of hydrogen-bond acceptors (Lipinski definition) is 4. The number of benzene rings is 2. The summed E-state index contributed by atoms with van der Waals surface area (Å²) in [6, 6.07) is 12.8. The first-order valence-corrected chi connectivity index (χ1v) is 16.0. The van der Waals surface area contributed by atoms with E-state index in [1.54, 1.807) is 17.9 Å². The van der Waals surface area contributed by atoms with E-state index < -0.39 is 16.1 Å². The second kappa shape index (κ2) is 13.6. The van der Waals surface area contributed by atoms with Crippen molar-refractivity contribution in [2.24, 2.45) is 0 Å². The minimum Gasteiger partial charge on any atom is -0.352 e. The third-order valence-electron chi connectivity index (χ3n) is 7.29. The highest BCUT2D eigenvalue weighted by molar-refractivity contribution is 9.10. The van der Waals surface area contributed by atoms with Gasteiger partial charge in [0.05, 0.1) is 11.9 Å². The minimum atomic E-state index is -3.53. The van der Waals surface area contributed by atoms with Gasteiger partial charge in [0.15, 0.2) is 0 Å². The van der Waals surface area contributed by atoms with Crippen molar-refractivity contribution in [1.82, 2.24) is 10.2 Å². The van der Waals surface area contributed by atoms with E-state index in [0.29, 0.717) is 18.7 Å². The van der Waals surface area contributed by atoms with E-state index in [4.69, 9.17) is 0 Å². The van der Waals surface area contributed by atoms with Gasteiger partial charge >= 0.3 is 0 Å². The average molecular weight is 607 g/mol. The fourth-order valence-electron chi connectivity index (χ4n) is 4.87. The highest BCUT2D eigenvalue weighted by atomic mass is 79.9. The molecule has 208 valence electrons. The Morgan fingerprint density at radius 3 is 2.39 bits per heavy atom. The second-order valence-electron chi connectivity index (χ2n) is 10.4. The van der Waals surface area contributed by atoms with Gasteiger partial charge in [0, 0.05) is 30.0 Å². The van der Waals surface area contributed by atoms with Crippen molar-refractivity contribution in [3.05, 3.63) is 63.6 Å². The second-order valence-corrected chi connectivity index (χ2v) is 13.2. The third-order valence-corrected chi connectivity index (χ3v) is 8.98. The molecule has 3 rings (SSSR count). The molecular formula is C29H40BrN3O4S. The summed E-state index contributed by atoms with van der Waals surface area (Å²) in [5.41, 5.74) is 3.60. The summed E-state index contributed by atoms with van der Waals surface area (Å²) in [6.07, 6.45) is 7.00. The summed E-state index contributed by atoms with van der Waals surface area (Å²) < 4.78 is 27.4. The van der Waals surface area contributed by atoms with E-state index >= 15 is 0 Å². The van der Waals surface area contributed by atoms with Crippen LogP contribution in [0.5, 0.6) is 0 Å². The smallest absolute Gasteiger partial charge is 0.242 e. The van der Waals surface area contributed by atoms with Crippen LogP contribution in [0.2, 0.25) is 0 Å². The number of hydrogen-bond donors (Lipinski definition) is 1. The number of nitrogens with zero attached hydrogens (tertiary/aromatic N) is 2. The molecular weight excluding hydrogens is 566 g/mol. The largest absolute Gasteiger partial charge is 0.352 e. The summed E-state index contributed by atoms with van der Waals surface area (Å²) in [7, 11) is -3.53. The fourth-order valence-corrected chi connectivity index (χ4v) is 6.27. The summed E-state index contributed by atoms with van der Waals surface area (Å²) in [6.45, 7) is 6.17. The molecule has 1 N–H and O–H groups in total. The Kier molecular flexibility index (Phi) is 10.8. The normalized spacial score (nSPS) is 15.1. The molecule has 7 nitrogen and oxygen atoms in total. The molecule has 0 radical (unpaired) electrons. The predicted octanol–water partition coefficient (Wildman–Crippen LogP) is 5.48. The van der Waals surface area contributed by atoms with Gasteiger partial charge in [0.1, 0.15) is 6.04 Å². The van der Waals surface area contributed by atoms with Crippen LogP contribution < -0.4 is 9.62 Å². The molecule has 0 bridgehead atoms. The average Bonchev–Trinajstić information content (AvgIpc) is 2.86. The lowest BCUT2D eigenvalue weighted by Crippen LogP contribution is -2.50. The Balaban J connectivity index is 1.72. The number of amides is 2. The van der Waals surface area contributed by atoms with Gasteiger partial charge in [-0.05, 0) is 81.0 Å². The molecule has 9 heteroatoms. The Bertz CT molecular complexity index is 1230. The number of sulfonamides is 1. The van der Waals surface area contributed by atoms with Crippen molar-refractivity contribution in [2.45, 2.75) is 84.3 Å². The van der Waals surface area contributed by atoms with Gasteiger partial charge in [0.25, 0.3) is 0 Å². The van der Waals surface area contributed by atoms with Gasteiger partial charge in [-0.2, -0.15) is 0 Å². The number of nitrogens with one attached hydrogen (secondary N) is 1. The lowest BCUT2D eigenvalue weighted by atomic mass is 9.95. The van der Waals surface area contributed by atoms with Gasteiger partial charge < -0.3 is 10.2 Å². The quantitative estimate of drug-likeness (QED) is 0.367. The van der Waals surface area contributed by atoms with Crippen LogP contribution in [0.25, 0.3) is 0 Å². The maximum Gasteiger partial charge on any atom is 0.242 e. The van der Waals surface area contributed by atoms with E-state index in [9.17, 15) is 18.0 Å². The molecule has 38 heavy (non-hydrogen) atoms. The van der Waals surface area contributed by atoms with Crippen molar-refractivity contribution in [3.8, 4) is 0 Å². The third kappa shape index (κ3) is 8.56. The Morgan fingerprint density at radius 2 is 1.76 bits per heavy atom. The van der Waals surface area contributed by atoms with E-state index in [1.807, 2.05) is 50.2 Å². The number of carbonyl (C=O) groups excluding carboxylic acids is 2. The molecule has 1 aliphatic rings. The highest BCUT2D eigenvalue weighted by Gasteiger charge is 2.28. The molecule has 2 aromatic rings. The van der Waals surface area contributed by atoms with Crippen molar-refractivity contribution in [2.75, 3.05) is 17.1 Å². The van der Waals surface area contributed by atoms with Crippen LogP contribution >= 0.6 is 15.9 Å². The minimum absolute atomic E-state index is 0.131. The molecule has 2 amide bonds. The van der Waals surface area contributed by atoms with Crippen LogP contribution in [0.1, 0.15) is 68.6 Å². The number of anilines is 1. The van der Waals surface area contributed by atoms with Crippen molar-refractivity contribution >= 4 is 43.5 Å². The van der Waals surface area contributed by atoms with Crippen molar-refractivity contribution in [1.29, 1.82) is 0 Å². The van der Waals surface area contributed by atoms with E-state index in [2.05, 4.69) is 21.2 Å². The van der Waals surface area contributed by atoms with Crippen molar-refractivity contribution < 1.29 is 18.0 Å². The maximum atomic E-state index is 13.5. The van der Waals surface area contributed by atoms with E-state index in [-0.39, 0.29) is 30.8 Å². The highest BCUT2D eigenvalue weighted by Crippen LogP contribution is 2.23. The van der Waals surface area contributed by atoms with Crippen LogP contribution in [0, 0.1) is 13.8 Å². The number of halogens is 1. The van der Waals surface area contributed by atoms with Crippen LogP contribution in [-0.2, 0) is 26.2 Å². The lowest BCUT2D eigenvalue weighted by Gasteiger charge is -2.31. The first-order valence-electron chi connectivity index (χ1n) is 13.3. The van der Waals surface area contributed by atoms with Gasteiger partial charge in [0.2, 0.25) is 21.8 Å². The molecule has 1 saturated carbocycles. The lowest BCUT2D eigenvalue weighted by molar-refractivity contribution is -0.141. The number of aryl methyl sites for hydroxylation is 2. The summed E-state index contributed by atoms with van der Waals surface area (Å²) in [5, 5.41) is 3.15. The molecule has 0 heterocycles. The Labute approximate surface area is 236 Å². The zero-order valence-electron chi connectivity index (χ0n) is 22.9. The van der Waals surface area contributed by atoms with Crippen LogP contribution in [0.3, 0.4) is 0 Å². The van der Waals surface area contributed by atoms with Gasteiger partial charge in [-0.1, -0.05) is 53.4 Å². The molecule has 0 spiro atoms. The van der Waals surface area contributed by atoms with Gasteiger partial charge in [-0.3, -0.25) is 13.9 Å². The van der Waals surface area contributed by atoms with Crippen LogP contribution in [0.4, 0.5) is 5.69 Å². The fraction of sp³-hybridized carbons (Fsp3) is 0.517. The monoisotopic (exact) mass is 605 g/mol. The predicted molar refractivity (Wildman–Crippen MR) is 157 cm³/mol. The van der Waals surface area contributed by atoms with E-state index in [1.165, 1.54) is 17.0 Å². The zero-order chi connectivity index (χ0) is 27.9. The molecule has 0 saturated heterocycles. The van der Waals surface area contributed by atoms with Crippen LogP contribution in [0.15, 0.2) is 46.9 Å². The summed E-state index contributed by atoms with van der Waals surface area (Å²) in [5.74, 6) is -0.321. The standard InChI is InChI=1S/C29H40BrN3O4S/c1-21-15-16-27(18-22(21)2)33(38(4,36)37)17-9-14-28(34)32(20-24-10-8-11-25(30)19-24)23(3)29(35)31-26-12-6-5-7-13-26/h8,10-11,15-16,18-19,23,26H,5-7,9,12-14,17,20H2,1-4H3,(H,31,35)/t23-/m0/s1. The molecule has 2 aromatic carbocycles. The topological polar surface area (TPSA) is 86.8 Å². The molecule has 1 fully saturated rings. The molecule has 0 unspecified atom stereocenters. The van der Waals surface area contributed by atoms with E-state index in [0.717, 1.165) is 46.8 Å². The summed E-state index contributed by atoms with van der Waals surface area (Å²) >= 11 is 3.48. The Hall–Kier alpha value is -2.39. The van der Waals surface area contributed by atoms with Crippen LogP contribution in [-0.4, -0.2) is 50.0 Å². The molecule has 1 aliphatic carbocycles. The first-order chi connectivity index (χ1) is 18.0. The number of carbonyl (C=O) groups is 2. The molecule has 0 aliphatic heterocycles. The van der Waals surface area contributed by atoms with Crippen molar-refractivity contribution in [3.63, 3.8) is 0 Å². The van der Waals surface area contributed by atoms with Gasteiger partial charge in [-0.15, -0.1) is 0 Å². The maximum absolute atomic E-state index is 13.5. The number of rotatable bonds is 11. The summed E-state index contributed by atoms with van der Waals surface area (Å²) in [4.78, 5) is 28.3. The SMILES string of the molecule is Cc1ccc(N(CCCC(=O)N(Cc2cccc(Br)c2)[C@@H](C)C(=O)NC2CCCCC2)S(C)(=O)=O)cc1C.